The third kappa shape index (κ3) is 4.73. The predicted octanol–water partition coefficient (Wildman–Crippen LogP) is 4.92. The van der Waals surface area contributed by atoms with Crippen LogP contribution in [0, 0.1) is 17.8 Å². The fourth-order valence-electron chi connectivity index (χ4n) is 6.04. The number of benzene rings is 1. The minimum absolute atomic E-state index is 0.163. The molecule has 6 heteroatoms. The molecule has 4 fully saturated rings. The van der Waals surface area contributed by atoms with Gasteiger partial charge in [0.25, 0.3) is 0 Å². The number of hydrogen-bond acceptors (Lipinski definition) is 4. The lowest BCUT2D eigenvalue weighted by atomic mass is 9.53. The van der Waals surface area contributed by atoms with Crippen LogP contribution in [0.25, 0.3) is 0 Å². The van der Waals surface area contributed by atoms with Gasteiger partial charge in [-0.2, -0.15) is 0 Å². The van der Waals surface area contributed by atoms with Gasteiger partial charge in [0.1, 0.15) is 11.6 Å². The predicted molar refractivity (Wildman–Crippen MR) is 118 cm³/mol. The molecule has 4 aliphatic rings. The Morgan fingerprint density at radius 2 is 1.53 bits per heavy atom. The Labute approximate surface area is 179 Å². The summed E-state index contributed by atoms with van der Waals surface area (Å²) in [6.07, 6.45) is 7.30. The van der Waals surface area contributed by atoms with Gasteiger partial charge in [-0.05, 0) is 96.1 Å². The number of para-hydroxylation sites is 2. The number of rotatable bonds is 5. The van der Waals surface area contributed by atoms with Crippen LogP contribution < -0.4 is 16.0 Å². The van der Waals surface area contributed by atoms with Gasteiger partial charge in [-0.15, -0.1) is 0 Å². The molecule has 3 N–H and O–H groups in total. The zero-order valence-corrected chi connectivity index (χ0v) is 18.6. The maximum Gasteiger partial charge on any atom is 0.408 e. The highest BCUT2D eigenvalue weighted by molar-refractivity contribution is 5.98. The van der Waals surface area contributed by atoms with Gasteiger partial charge >= 0.3 is 6.09 Å². The Balaban J connectivity index is 1.41. The molecule has 0 heterocycles. The number of amides is 2. The van der Waals surface area contributed by atoms with Crippen molar-refractivity contribution < 1.29 is 14.3 Å². The second-order valence-electron chi connectivity index (χ2n) is 10.7. The van der Waals surface area contributed by atoms with E-state index >= 15 is 0 Å². The monoisotopic (exact) mass is 413 g/mol. The van der Waals surface area contributed by atoms with E-state index < -0.39 is 17.7 Å². The number of alkyl carbamates (subject to hydrolysis) is 1. The molecule has 30 heavy (non-hydrogen) atoms. The molecule has 4 aliphatic carbocycles. The number of hydrogen-bond donors (Lipinski definition) is 3. The highest BCUT2D eigenvalue weighted by Crippen LogP contribution is 2.56. The first-order chi connectivity index (χ1) is 14.1. The molecule has 0 spiro atoms. The number of ether oxygens (including phenoxy) is 1. The van der Waals surface area contributed by atoms with Gasteiger partial charge in [0.15, 0.2) is 0 Å². The molecule has 0 radical (unpaired) electrons. The largest absolute Gasteiger partial charge is 0.444 e. The quantitative estimate of drug-likeness (QED) is 0.640. The van der Waals surface area contributed by atoms with Crippen LogP contribution in [-0.2, 0) is 9.53 Å². The molecule has 1 aromatic rings. The normalized spacial score (nSPS) is 30.5. The van der Waals surface area contributed by atoms with Crippen molar-refractivity contribution in [2.45, 2.75) is 83.4 Å². The molecule has 6 nitrogen and oxygen atoms in total. The minimum atomic E-state index is -0.701. The Morgan fingerprint density at radius 1 is 1.00 bits per heavy atom. The summed E-state index contributed by atoms with van der Waals surface area (Å²) in [5.74, 6) is 2.29. The van der Waals surface area contributed by atoms with Crippen molar-refractivity contribution in [3.8, 4) is 0 Å². The first kappa shape index (κ1) is 21.0. The molecular formula is C24H35N3O3. The van der Waals surface area contributed by atoms with Gasteiger partial charge in [-0.3, -0.25) is 4.79 Å². The Morgan fingerprint density at radius 3 is 2.07 bits per heavy atom. The summed E-state index contributed by atoms with van der Waals surface area (Å²) in [7, 11) is 0. The molecule has 0 unspecified atom stereocenters. The summed E-state index contributed by atoms with van der Waals surface area (Å²) in [4.78, 5) is 24.7. The van der Waals surface area contributed by atoms with Crippen molar-refractivity contribution in [3.05, 3.63) is 24.3 Å². The molecule has 5 rings (SSSR count). The Bertz CT molecular complexity index is 779. The average molecular weight is 414 g/mol. The van der Waals surface area contributed by atoms with Gasteiger partial charge in [-0.1, -0.05) is 12.1 Å². The second kappa shape index (κ2) is 7.78. The van der Waals surface area contributed by atoms with Crippen LogP contribution in [0.5, 0.6) is 0 Å². The van der Waals surface area contributed by atoms with Crippen LogP contribution in [0.4, 0.5) is 16.2 Å². The van der Waals surface area contributed by atoms with E-state index in [4.69, 9.17) is 4.74 Å². The smallest absolute Gasteiger partial charge is 0.408 e. The number of anilines is 2. The number of nitrogens with one attached hydrogen (secondary N) is 3. The van der Waals surface area contributed by atoms with Gasteiger partial charge in [-0.25, -0.2) is 4.79 Å². The summed E-state index contributed by atoms with van der Waals surface area (Å²) in [5, 5.41) is 9.44. The van der Waals surface area contributed by atoms with Gasteiger partial charge < -0.3 is 20.7 Å². The number of carbonyl (C=O) groups is 2. The van der Waals surface area contributed by atoms with E-state index in [-0.39, 0.29) is 11.4 Å². The van der Waals surface area contributed by atoms with Crippen LogP contribution >= 0.6 is 0 Å². The number of carbonyl (C=O) groups excluding carboxylic acids is 2. The molecule has 4 bridgehead atoms. The SMILES string of the molecule is C[C@@H](NC(=O)OC(C)(C)C)C(=O)Nc1ccccc1NC12CC3CC(CC(C3)C1)C2. The standard InChI is InChI=1S/C24H35N3O3/c1-15(25-22(29)30-23(2,3)4)21(28)26-19-7-5-6-8-20(19)27-24-12-16-9-17(13-24)11-18(10-16)14-24/h5-8,15-18,27H,9-14H2,1-4H3,(H,25,29)(H,26,28)/t15-,16?,17?,18?,24?/m1/s1. The summed E-state index contributed by atoms with van der Waals surface area (Å²) in [5.41, 5.74) is 1.29. The lowest BCUT2D eigenvalue weighted by Crippen LogP contribution is -2.54. The molecule has 1 atom stereocenters. The summed E-state index contributed by atoms with van der Waals surface area (Å²) < 4.78 is 5.25. The maximum atomic E-state index is 12.7. The van der Waals surface area contributed by atoms with Crippen molar-refractivity contribution in [1.29, 1.82) is 0 Å². The van der Waals surface area contributed by atoms with E-state index in [9.17, 15) is 9.59 Å². The summed E-state index contributed by atoms with van der Waals surface area (Å²) >= 11 is 0. The highest BCUT2D eigenvalue weighted by atomic mass is 16.6. The molecule has 0 aromatic heterocycles. The summed E-state index contributed by atoms with van der Waals surface area (Å²) in [6.45, 7) is 7.05. The first-order valence-corrected chi connectivity index (χ1v) is 11.3. The van der Waals surface area contributed by atoms with E-state index in [2.05, 4.69) is 16.0 Å². The molecule has 4 saturated carbocycles. The second-order valence-corrected chi connectivity index (χ2v) is 10.7. The zero-order chi connectivity index (χ0) is 21.5. The highest BCUT2D eigenvalue weighted by Gasteiger charge is 2.51. The minimum Gasteiger partial charge on any atom is -0.444 e. The maximum absolute atomic E-state index is 12.7. The van der Waals surface area contributed by atoms with Gasteiger partial charge in [0.05, 0.1) is 11.4 Å². The van der Waals surface area contributed by atoms with E-state index in [0.29, 0.717) is 0 Å². The lowest BCUT2D eigenvalue weighted by Gasteiger charge is -2.57. The van der Waals surface area contributed by atoms with E-state index in [1.165, 1.54) is 38.5 Å². The van der Waals surface area contributed by atoms with Crippen LogP contribution in [0.2, 0.25) is 0 Å². The Hall–Kier alpha value is -2.24. The molecule has 2 amide bonds. The van der Waals surface area contributed by atoms with Crippen molar-refractivity contribution in [1.82, 2.24) is 5.32 Å². The van der Waals surface area contributed by atoms with Crippen molar-refractivity contribution in [2.24, 2.45) is 17.8 Å². The third-order valence-corrected chi connectivity index (χ3v) is 6.75. The fourth-order valence-corrected chi connectivity index (χ4v) is 6.04. The molecule has 0 saturated heterocycles. The summed E-state index contributed by atoms with van der Waals surface area (Å²) in [6, 6.07) is 7.18. The van der Waals surface area contributed by atoms with Crippen molar-refractivity contribution in [2.75, 3.05) is 10.6 Å². The zero-order valence-electron chi connectivity index (χ0n) is 18.6. The Kier molecular flexibility index (Phi) is 5.45. The van der Waals surface area contributed by atoms with Crippen molar-refractivity contribution >= 4 is 23.4 Å². The molecule has 0 aliphatic heterocycles. The van der Waals surface area contributed by atoms with Crippen LogP contribution in [0.1, 0.15) is 66.2 Å². The van der Waals surface area contributed by atoms with E-state index in [1.54, 1.807) is 27.7 Å². The topological polar surface area (TPSA) is 79.5 Å². The van der Waals surface area contributed by atoms with E-state index in [1.807, 2.05) is 24.3 Å². The average Bonchev–Trinajstić information content (AvgIpc) is 2.60. The van der Waals surface area contributed by atoms with Crippen LogP contribution in [0.15, 0.2) is 24.3 Å². The van der Waals surface area contributed by atoms with Crippen molar-refractivity contribution in [3.63, 3.8) is 0 Å². The third-order valence-electron chi connectivity index (χ3n) is 6.75. The molecule has 164 valence electrons. The lowest BCUT2D eigenvalue weighted by molar-refractivity contribution is -0.117. The fraction of sp³-hybridized carbons (Fsp3) is 0.667. The van der Waals surface area contributed by atoms with Gasteiger partial charge in [0, 0.05) is 5.54 Å². The van der Waals surface area contributed by atoms with Crippen LogP contribution in [0.3, 0.4) is 0 Å². The van der Waals surface area contributed by atoms with Gasteiger partial charge in [0.2, 0.25) is 5.91 Å². The molecular weight excluding hydrogens is 378 g/mol. The molecule has 1 aromatic carbocycles. The van der Waals surface area contributed by atoms with Crippen LogP contribution in [-0.4, -0.2) is 29.2 Å². The van der Waals surface area contributed by atoms with E-state index in [0.717, 1.165) is 29.1 Å². The first-order valence-electron chi connectivity index (χ1n) is 11.3.